The SMILES string of the molecule is CC(C)(C)NC(=O)C(c1ccccn1)N(C(=O)c1csnn1)c1ccc(F)c(Cl)c1. The van der Waals surface area contributed by atoms with Crippen molar-refractivity contribution in [3.05, 3.63) is 70.2 Å². The fourth-order valence-corrected chi connectivity index (χ4v) is 3.36. The molecule has 30 heavy (non-hydrogen) atoms. The number of anilines is 1. The molecule has 1 unspecified atom stereocenters. The van der Waals surface area contributed by atoms with Crippen LogP contribution in [0.5, 0.6) is 0 Å². The van der Waals surface area contributed by atoms with E-state index in [-0.39, 0.29) is 16.4 Å². The molecule has 156 valence electrons. The molecule has 0 radical (unpaired) electrons. The van der Waals surface area contributed by atoms with Gasteiger partial charge in [0.05, 0.1) is 10.7 Å². The number of carbonyl (C=O) groups excluding carboxylic acids is 2. The molecule has 1 aromatic carbocycles. The van der Waals surface area contributed by atoms with Crippen LogP contribution in [0.15, 0.2) is 48.0 Å². The lowest BCUT2D eigenvalue weighted by Crippen LogP contribution is -2.49. The summed E-state index contributed by atoms with van der Waals surface area (Å²) in [6.45, 7) is 5.48. The van der Waals surface area contributed by atoms with Crippen molar-refractivity contribution in [2.75, 3.05) is 4.90 Å². The first-order valence-corrected chi connectivity index (χ1v) is 10.2. The van der Waals surface area contributed by atoms with Crippen LogP contribution in [0.2, 0.25) is 5.02 Å². The third-order valence-corrected chi connectivity index (χ3v) is 4.75. The van der Waals surface area contributed by atoms with E-state index in [1.54, 1.807) is 18.2 Å². The molecule has 1 atom stereocenters. The lowest BCUT2D eigenvalue weighted by Gasteiger charge is -2.32. The number of nitrogens with one attached hydrogen (secondary N) is 1. The topological polar surface area (TPSA) is 88.1 Å². The summed E-state index contributed by atoms with van der Waals surface area (Å²) in [5.74, 6) is -1.69. The number of pyridine rings is 1. The van der Waals surface area contributed by atoms with Crippen LogP contribution in [0.4, 0.5) is 10.1 Å². The molecular formula is C20H19ClFN5O2S. The zero-order valence-electron chi connectivity index (χ0n) is 16.5. The predicted octanol–water partition coefficient (Wildman–Crippen LogP) is 4.03. The van der Waals surface area contributed by atoms with Crippen LogP contribution in [0, 0.1) is 5.82 Å². The Hall–Kier alpha value is -2.91. The first-order valence-electron chi connectivity index (χ1n) is 8.96. The van der Waals surface area contributed by atoms with E-state index in [9.17, 15) is 14.0 Å². The maximum absolute atomic E-state index is 13.8. The second-order valence-electron chi connectivity index (χ2n) is 7.46. The third kappa shape index (κ3) is 4.98. The summed E-state index contributed by atoms with van der Waals surface area (Å²) in [6, 6.07) is 7.69. The molecule has 0 saturated heterocycles. The second kappa shape index (κ2) is 8.85. The third-order valence-electron chi connectivity index (χ3n) is 3.95. The molecule has 0 fully saturated rings. The van der Waals surface area contributed by atoms with Crippen LogP contribution in [0.3, 0.4) is 0 Å². The molecule has 7 nitrogen and oxygen atoms in total. The van der Waals surface area contributed by atoms with E-state index in [0.717, 1.165) is 17.6 Å². The number of carbonyl (C=O) groups is 2. The summed E-state index contributed by atoms with van der Waals surface area (Å²) in [5, 5.41) is 8.00. The monoisotopic (exact) mass is 447 g/mol. The molecule has 3 rings (SSSR count). The van der Waals surface area contributed by atoms with Gasteiger partial charge in [-0.25, -0.2) is 4.39 Å². The van der Waals surface area contributed by atoms with Gasteiger partial charge in [-0.1, -0.05) is 22.2 Å². The molecule has 2 aromatic heterocycles. The first-order chi connectivity index (χ1) is 14.2. The van der Waals surface area contributed by atoms with Gasteiger partial charge in [0, 0.05) is 22.8 Å². The summed E-state index contributed by atoms with van der Waals surface area (Å²) in [6.07, 6.45) is 1.53. The Morgan fingerprint density at radius 2 is 2.00 bits per heavy atom. The zero-order valence-corrected chi connectivity index (χ0v) is 18.0. The molecule has 0 aliphatic rings. The van der Waals surface area contributed by atoms with E-state index in [2.05, 4.69) is 19.9 Å². The fraction of sp³-hybridized carbons (Fsp3) is 0.250. The van der Waals surface area contributed by atoms with Gasteiger partial charge in [0.2, 0.25) is 5.91 Å². The van der Waals surface area contributed by atoms with Crippen molar-refractivity contribution >= 4 is 40.6 Å². The fourth-order valence-electron chi connectivity index (χ4n) is 2.76. The molecular weight excluding hydrogens is 429 g/mol. The largest absolute Gasteiger partial charge is 0.349 e. The van der Waals surface area contributed by atoms with Crippen LogP contribution >= 0.6 is 23.1 Å². The Morgan fingerprint density at radius 1 is 1.23 bits per heavy atom. The highest BCUT2D eigenvalue weighted by atomic mass is 35.5. The molecule has 0 aliphatic carbocycles. The average molecular weight is 448 g/mol. The minimum atomic E-state index is -1.15. The van der Waals surface area contributed by atoms with Crippen molar-refractivity contribution in [3.63, 3.8) is 0 Å². The molecule has 10 heteroatoms. The smallest absolute Gasteiger partial charge is 0.280 e. The summed E-state index contributed by atoms with van der Waals surface area (Å²) in [4.78, 5) is 32.2. The average Bonchev–Trinajstić information content (AvgIpc) is 3.22. The molecule has 0 aliphatic heterocycles. The van der Waals surface area contributed by atoms with Gasteiger partial charge in [0.25, 0.3) is 5.91 Å². The Morgan fingerprint density at radius 3 is 2.57 bits per heavy atom. The maximum atomic E-state index is 13.8. The summed E-state index contributed by atoms with van der Waals surface area (Å²) in [5.41, 5.74) is 0.0295. The molecule has 0 saturated carbocycles. The van der Waals surface area contributed by atoms with Gasteiger partial charge < -0.3 is 5.32 Å². The minimum Gasteiger partial charge on any atom is -0.349 e. The highest BCUT2D eigenvalue weighted by Gasteiger charge is 2.36. The number of benzene rings is 1. The zero-order chi connectivity index (χ0) is 21.9. The summed E-state index contributed by atoms with van der Waals surface area (Å²) in [7, 11) is 0. The predicted molar refractivity (Wildman–Crippen MR) is 113 cm³/mol. The van der Waals surface area contributed by atoms with Gasteiger partial charge in [-0.3, -0.25) is 19.5 Å². The van der Waals surface area contributed by atoms with Crippen LogP contribution < -0.4 is 10.2 Å². The molecule has 3 aromatic rings. The van der Waals surface area contributed by atoms with Gasteiger partial charge >= 0.3 is 0 Å². The molecule has 1 N–H and O–H groups in total. The Kier molecular flexibility index (Phi) is 6.42. The van der Waals surface area contributed by atoms with Crippen LogP contribution in [0.25, 0.3) is 0 Å². The van der Waals surface area contributed by atoms with Crippen molar-refractivity contribution in [3.8, 4) is 0 Å². The van der Waals surface area contributed by atoms with Crippen LogP contribution in [0.1, 0.15) is 43.0 Å². The number of halogens is 2. The number of aromatic nitrogens is 3. The quantitative estimate of drug-likeness (QED) is 0.638. The Balaban J connectivity index is 2.18. The standard InChI is InChI=1S/C20H19ClFN5O2S/c1-20(2,3)24-18(28)17(15-6-4-5-9-23-15)27(19(29)16-11-30-26-25-16)12-7-8-14(22)13(21)10-12/h4-11,17H,1-3H3,(H,24,28). The lowest BCUT2D eigenvalue weighted by molar-refractivity contribution is -0.124. The Labute approximate surface area is 182 Å². The number of nitrogens with zero attached hydrogens (tertiary/aromatic N) is 4. The van der Waals surface area contributed by atoms with Crippen molar-refractivity contribution < 1.29 is 14.0 Å². The van der Waals surface area contributed by atoms with Crippen molar-refractivity contribution in [1.29, 1.82) is 0 Å². The highest BCUT2D eigenvalue weighted by Crippen LogP contribution is 2.31. The van der Waals surface area contributed by atoms with Gasteiger partial charge in [-0.15, -0.1) is 5.10 Å². The lowest BCUT2D eigenvalue weighted by atomic mass is 10.0. The van der Waals surface area contributed by atoms with E-state index in [1.807, 2.05) is 20.8 Å². The van der Waals surface area contributed by atoms with E-state index < -0.39 is 29.2 Å². The molecule has 2 heterocycles. The van der Waals surface area contributed by atoms with Crippen molar-refractivity contribution in [2.24, 2.45) is 0 Å². The normalized spacial score (nSPS) is 12.3. The molecule has 0 spiro atoms. The number of hydrogen-bond donors (Lipinski definition) is 1. The molecule has 2 amide bonds. The highest BCUT2D eigenvalue weighted by molar-refractivity contribution is 7.03. The number of hydrogen-bond acceptors (Lipinski definition) is 6. The van der Waals surface area contributed by atoms with E-state index in [0.29, 0.717) is 5.69 Å². The van der Waals surface area contributed by atoms with Gasteiger partial charge in [-0.05, 0) is 62.6 Å². The van der Waals surface area contributed by atoms with Gasteiger partial charge in [-0.2, -0.15) is 0 Å². The van der Waals surface area contributed by atoms with Gasteiger partial charge in [0.15, 0.2) is 11.7 Å². The van der Waals surface area contributed by atoms with E-state index in [4.69, 9.17) is 11.6 Å². The van der Waals surface area contributed by atoms with Crippen LogP contribution in [-0.2, 0) is 4.79 Å². The first kappa shape index (κ1) is 21.8. The van der Waals surface area contributed by atoms with Gasteiger partial charge in [0.1, 0.15) is 5.82 Å². The van der Waals surface area contributed by atoms with Crippen molar-refractivity contribution in [1.82, 2.24) is 19.9 Å². The van der Waals surface area contributed by atoms with Crippen molar-refractivity contribution in [2.45, 2.75) is 32.4 Å². The number of amides is 2. The minimum absolute atomic E-state index is 0.0462. The summed E-state index contributed by atoms with van der Waals surface area (Å²) >= 11 is 6.97. The second-order valence-corrected chi connectivity index (χ2v) is 8.48. The number of rotatable bonds is 5. The van der Waals surface area contributed by atoms with E-state index in [1.165, 1.54) is 28.6 Å². The van der Waals surface area contributed by atoms with E-state index >= 15 is 0 Å². The maximum Gasteiger partial charge on any atom is 0.280 e. The van der Waals surface area contributed by atoms with Crippen LogP contribution in [-0.4, -0.2) is 31.9 Å². The summed E-state index contributed by atoms with van der Waals surface area (Å²) < 4.78 is 17.5. The Bertz CT molecular complexity index is 1040. The molecule has 0 bridgehead atoms.